The van der Waals surface area contributed by atoms with Crippen LogP contribution in [0.15, 0.2) is 42.6 Å². The molecule has 6 heteroatoms. The maximum Gasteiger partial charge on any atom is 0.264 e. The molecule has 24 heavy (non-hydrogen) atoms. The van der Waals surface area contributed by atoms with E-state index in [1.54, 1.807) is 11.3 Å². The van der Waals surface area contributed by atoms with E-state index in [0.29, 0.717) is 13.1 Å². The van der Waals surface area contributed by atoms with Crippen molar-refractivity contribution in [3.8, 4) is 0 Å². The van der Waals surface area contributed by atoms with E-state index in [1.165, 1.54) is 0 Å². The van der Waals surface area contributed by atoms with Crippen LogP contribution in [0.25, 0.3) is 10.1 Å². The average Bonchev–Trinajstić information content (AvgIpc) is 3.19. The molecule has 0 radical (unpaired) electrons. The van der Waals surface area contributed by atoms with Crippen LogP contribution in [-0.4, -0.2) is 52.7 Å². The normalized spacial score (nSPS) is 17.5. The molecule has 4 rings (SSSR count). The second-order valence-electron chi connectivity index (χ2n) is 6.52. The van der Waals surface area contributed by atoms with Gasteiger partial charge in [0.05, 0.1) is 23.2 Å². The highest BCUT2D eigenvalue weighted by Gasteiger charge is 2.30. The molecule has 0 N–H and O–H groups in total. The molecule has 0 unspecified atom stereocenters. The summed E-state index contributed by atoms with van der Waals surface area (Å²) in [6.07, 6.45) is 1.82. The number of aromatic nitrogens is 2. The van der Waals surface area contributed by atoms with Crippen LogP contribution < -0.4 is 0 Å². The highest BCUT2D eigenvalue weighted by molar-refractivity contribution is 7.20. The summed E-state index contributed by atoms with van der Waals surface area (Å²) >= 11 is 1.57. The van der Waals surface area contributed by atoms with Crippen molar-refractivity contribution in [3.05, 3.63) is 53.2 Å². The molecule has 1 aliphatic rings. The van der Waals surface area contributed by atoms with Gasteiger partial charge in [-0.05, 0) is 37.7 Å². The van der Waals surface area contributed by atoms with Gasteiger partial charge in [0.25, 0.3) is 5.91 Å². The Kier molecular flexibility index (Phi) is 3.86. The fourth-order valence-electron chi connectivity index (χ4n) is 3.34. The van der Waals surface area contributed by atoms with Gasteiger partial charge in [0, 0.05) is 24.0 Å². The van der Waals surface area contributed by atoms with Crippen molar-refractivity contribution in [1.82, 2.24) is 19.6 Å². The Balaban J connectivity index is 1.63. The quantitative estimate of drug-likeness (QED) is 0.736. The molecule has 0 saturated carbocycles. The standard InChI is InChI=1S/C18H20N4OS/c1-20(2)10-15-12-21(11-14-7-8-19-22(14)15)18(23)17-9-13-5-3-4-6-16(13)24-17/h3-9,15H,10-12H2,1-2H3/t15-/m0/s1. The van der Waals surface area contributed by atoms with E-state index in [-0.39, 0.29) is 11.9 Å². The van der Waals surface area contributed by atoms with Crippen LogP contribution in [0.1, 0.15) is 21.4 Å². The largest absolute Gasteiger partial charge is 0.330 e. The summed E-state index contributed by atoms with van der Waals surface area (Å²) in [5.41, 5.74) is 1.10. The van der Waals surface area contributed by atoms with Crippen LogP contribution in [0.3, 0.4) is 0 Å². The minimum Gasteiger partial charge on any atom is -0.330 e. The van der Waals surface area contributed by atoms with Crippen LogP contribution in [0.2, 0.25) is 0 Å². The van der Waals surface area contributed by atoms with Crippen molar-refractivity contribution in [1.29, 1.82) is 0 Å². The summed E-state index contributed by atoms with van der Waals surface area (Å²) in [6, 6.07) is 12.4. The average molecular weight is 340 g/mol. The maximum absolute atomic E-state index is 13.0. The number of benzene rings is 1. The molecule has 0 spiro atoms. The number of hydrogen-bond donors (Lipinski definition) is 0. The number of nitrogens with zero attached hydrogens (tertiary/aromatic N) is 4. The summed E-state index contributed by atoms with van der Waals surface area (Å²) in [5, 5.41) is 5.58. The van der Waals surface area contributed by atoms with Crippen molar-refractivity contribution in [2.45, 2.75) is 12.6 Å². The highest BCUT2D eigenvalue weighted by atomic mass is 32.1. The third-order valence-corrected chi connectivity index (χ3v) is 5.49. The Bertz CT molecular complexity index is 849. The SMILES string of the molecule is CN(C)C[C@H]1CN(C(=O)c2cc3ccccc3s2)Cc2ccnn21. The number of hydrogen-bond acceptors (Lipinski definition) is 4. The highest BCUT2D eigenvalue weighted by Crippen LogP contribution is 2.29. The van der Waals surface area contributed by atoms with Gasteiger partial charge in [0.1, 0.15) is 0 Å². The van der Waals surface area contributed by atoms with Gasteiger partial charge < -0.3 is 9.80 Å². The van der Waals surface area contributed by atoms with Gasteiger partial charge in [-0.25, -0.2) is 0 Å². The molecule has 1 amide bonds. The van der Waals surface area contributed by atoms with Crippen LogP contribution in [0.5, 0.6) is 0 Å². The number of rotatable bonds is 3. The lowest BCUT2D eigenvalue weighted by molar-refractivity contribution is 0.0657. The van der Waals surface area contributed by atoms with E-state index in [9.17, 15) is 4.79 Å². The topological polar surface area (TPSA) is 41.4 Å². The minimum atomic E-state index is 0.118. The smallest absolute Gasteiger partial charge is 0.264 e. The first-order chi connectivity index (χ1) is 11.6. The monoisotopic (exact) mass is 340 g/mol. The third-order valence-electron chi connectivity index (χ3n) is 4.38. The molecule has 0 bridgehead atoms. The van der Waals surface area contributed by atoms with E-state index >= 15 is 0 Å². The molecule has 1 aliphatic heterocycles. The lowest BCUT2D eigenvalue weighted by Crippen LogP contribution is -2.44. The van der Waals surface area contributed by atoms with Crippen LogP contribution >= 0.6 is 11.3 Å². The molecule has 3 aromatic rings. The molecule has 124 valence electrons. The van der Waals surface area contributed by atoms with Crippen LogP contribution in [0, 0.1) is 0 Å². The fourth-order valence-corrected chi connectivity index (χ4v) is 4.37. The van der Waals surface area contributed by atoms with E-state index in [0.717, 1.165) is 27.2 Å². The second kappa shape index (κ2) is 6.03. The predicted octanol–water partition coefficient (Wildman–Crippen LogP) is 2.86. The number of likely N-dealkylation sites (N-methyl/N-ethyl adjacent to an activating group) is 1. The summed E-state index contributed by atoms with van der Waals surface area (Å²) in [7, 11) is 4.10. The van der Waals surface area contributed by atoms with Crippen molar-refractivity contribution in [2.75, 3.05) is 27.2 Å². The molecule has 0 fully saturated rings. The molecular formula is C18H20N4OS. The molecule has 0 aliphatic carbocycles. The summed E-state index contributed by atoms with van der Waals surface area (Å²) in [6.45, 7) is 2.18. The first-order valence-electron chi connectivity index (χ1n) is 8.07. The molecule has 5 nitrogen and oxygen atoms in total. The Hall–Kier alpha value is -2.18. The van der Waals surface area contributed by atoms with Crippen molar-refractivity contribution in [3.63, 3.8) is 0 Å². The fraction of sp³-hybridized carbons (Fsp3) is 0.333. The Morgan fingerprint density at radius 1 is 1.33 bits per heavy atom. The van der Waals surface area contributed by atoms with Gasteiger partial charge in [-0.2, -0.15) is 5.10 Å². The molecule has 3 heterocycles. The zero-order valence-corrected chi connectivity index (χ0v) is 14.7. The van der Waals surface area contributed by atoms with Gasteiger partial charge in [0.2, 0.25) is 0 Å². The predicted molar refractivity (Wildman–Crippen MR) is 96.4 cm³/mol. The Morgan fingerprint density at radius 2 is 2.17 bits per heavy atom. The van der Waals surface area contributed by atoms with Gasteiger partial charge in [-0.15, -0.1) is 11.3 Å². The molecule has 1 aromatic carbocycles. The second-order valence-corrected chi connectivity index (χ2v) is 7.60. The van der Waals surface area contributed by atoms with Crippen molar-refractivity contribution < 1.29 is 4.79 Å². The number of carbonyl (C=O) groups is 1. The first kappa shape index (κ1) is 15.4. The molecule has 2 aromatic heterocycles. The summed E-state index contributed by atoms with van der Waals surface area (Å²) in [5.74, 6) is 0.118. The Labute approximate surface area is 145 Å². The van der Waals surface area contributed by atoms with E-state index in [2.05, 4.69) is 40.9 Å². The van der Waals surface area contributed by atoms with Crippen molar-refractivity contribution in [2.24, 2.45) is 0 Å². The number of thiophene rings is 1. The van der Waals surface area contributed by atoms with Crippen molar-refractivity contribution >= 4 is 27.3 Å². The van der Waals surface area contributed by atoms with Gasteiger partial charge >= 0.3 is 0 Å². The Morgan fingerprint density at radius 3 is 2.96 bits per heavy atom. The third kappa shape index (κ3) is 2.72. The number of fused-ring (bicyclic) bond motifs is 2. The number of amides is 1. The van der Waals surface area contributed by atoms with Crippen LogP contribution in [-0.2, 0) is 6.54 Å². The zero-order valence-electron chi connectivity index (χ0n) is 13.8. The van der Waals surface area contributed by atoms with E-state index in [4.69, 9.17) is 0 Å². The lowest BCUT2D eigenvalue weighted by Gasteiger charge is -2.35. The zero-order chi connectivity index (χ0) is 16.7. The number of carbonyl (C=O) groups excluding carboxylic acids is 1. The van der Waals surface area contributed by atoms with E-state index in [1.807, 2.05) is 35.4 Å². The van der Waals surface area contributed by atoms with Crippen LogP contribution in [0.4, 0.5) is 0 Å². The van der Waals surface area contributed by atoms with E-state index < -0.39 is 0 Å². The van der Waals surface area contributed by atoms with Gasteiger partial charge in [-0.3, -0.25) is 9.48 Å². The minimum absolute atomic E-state index is 0.118. The molecule has 1 atom stereocenters. The first-order valence-corrected chi connectivity index (χ1v) is 8.88. The molecular weight excluding hydrogens is 320 g/mol. The van der Waals surface area contributed by atoms with Gasteiger partial charge in [-0.1, -0.05) is 18.2 Å². The van der Waals surface area contributed by atoms with Gasteiger partial charge in [0.15, 0.2) is 0 Å². The summed E-state index contributed by atoms with van der Waals surface area (Å²) in [4.78, 5) is 17.9. The maximum atomic E-state index is 13.0. The molecule has 0 saturated heterocycles. The lowest BCUT2D eigenvalue weighted by atomic mass is 10.1. The summed E-state index contributed by atoms with van der Waals surface area (Å²) < 4.78 is 3.22.